The molecule has 66 valence electrons. The highest BCUT2D eigenvalue weighted by atomic mass is 16.2. The lowest BCUT2D eigenvalue weighted by Gasteiger charge is -2.37. The van der Waals surface area contributed by atoms with Crippen molar-refractivity contribution < 1.29 is 9.59 Å². The van der Waals surface area contributed by atoms with E-state index in [1.807, 2.05) is 0 Å². The lowest BCUT2D eigenvalue weighted by Crippen LogP contribution is -2.52. The lowest BCUT2D eigenvalue weighted by atomic mass is 9.86. The summed E-state index contributed by atoms with van der Waals surface area (Å²) in [6.07, 6.45) is 2.37. The summed E-state index contributed by atoms with van der Waals surface area (Å²) < 4.78 is 0. The van der Waals surface area contributed by atoms with Crippen LogP contribution >= 0.6 is 0 Å². The average molecular weight is 168 g/mol. The van der Waals surface area contributed by atoms with E-state index in [0.717, 1.165) is 12.8 Å². The molecule has 12 heavy (non-hydrogen) atoms. The number of hydrogen-bond acceptors (Lipinski definition) is 3. The van der Waals surface area contributed by atoms with E-state index >= 15 is 0 Å². The second kappa shape index (κ2) is 2.55. The third-order valence-corrected chi connectivity index (χ3v) is 2.60. The number of carbonyl (C=O) groups excluding carboxylic acids is 2. The molecule has 0 atom stereocenters. The molecule has 1 saturated heterocycles. The third kappa shape index (κ3) is 1.03. The third-order valence-electron chi connectivity index (χ3n) is 2.60. The number of nitrogens with two attached hydrogens (primary N) is 1. The summed E-state index contributed by atoms with van der Waals surface area (Å²) in [5.41, 5.74) is 5.58. The smallest absolute Gasteiger partial charge is 0.229 e. The van der Waals surface area contributed by atoms with Gasteiger partial charge in [0.05, 0.1) is 0 Å². The molecule has 4 heteroatoms. The molecule has 4 nitrogen and oxygen atoms in total. The molecule has 1 saturated carbocycles. The minimum absolute atomic E-state index is 0.0168. The Balaban J connectivity index is 2.03. The van der Waals surface area contributed by atoms with Crippen LogP contribution in [0.2, 0.25) is 0 Å². The topological polar surface area (TPSA) is 63.4 Å². The van der Waals surface area contributed by atoms with Crippen molar-refractivity contribution >= 4 is 11.8 Å². The minimum Gasteiger partial charge on any atom is -0.328 e. The van der Waals surface area contributed by atoms with E-state index in [9.17, 15) is 9.59 Å². The first kappa shape index (κ1) is 7.73. The van der Waals surface area contributed by atoms with Crippen LogP contribution < -0.4 is 5.73 Å². The lowest BCUT2D eigenvalue weighted by molar-refractivity contribution is -0.143. The van der Waals surface area contributed by atoms with Crippen LogP contribution in [0.1, 0.15) is 25.7 Å². The molecule has 1 aliphatic carbocycles. The highest BCUT2D eigenvalue weighted by molar-refractivity contribution is 6.02. The standard InChI is InChI=1S/C8H12N2O2/c9-5-3-6(4-5)10-7(11)1-2-8(10)12/h5-6H,1-4,9H2. The predicted molar refractivity (Wildman–Crippen MR) is 42.1 cm³/mol. The molecule has 0 radical (unpaired) electrons. The van der Waals surface area contributed by atoms with Crippen molar-refractivity contribution in [2.24, 2.45) is 5.73 Å². The highest BCUT2D eigenvalue weighted by Gasteiger charge is 2.40. The molecule has 0 spiro atoms. The molecule has 0 aromatic heterocycles. The van der Waals surface area contributed by atoms with Crippen LogP contribution in [0.15, 0.2) is 0 Å². The van der Waals surface area contributed by atoms with Gasteiger partial charge in [0, 0.05) is 24.9 Å². The van der Waals surface area contributed by atoms with E-state index in [-0.39, 0.29) is 23.9 Å². The molecule has 0 unspecified atom stereocenters. The van der Waals surface area contributed by atoms with Crippen molar-refractivity contribution in [2.75, 3.05) is 0 Å². The fraction of sp³-hybridized carbons (Fsp3) is 0.750. The van der Waals surface area contributed by atoms with Crippen LogP contribution in [0.5, 0.6) is 0 Å². The minimum atomic E-state index is -0.0168. The Hall–Kier alpha value is -0.900. The van der Waals surface area contributed by atoms with E-state index < -0.39 is 0 Å². The number of hydrogen-bond donors (Lipinski definition) is 1. The van der Waals surface area contributed by atoms with Crippen molar-refractivity contribution in [3.63, 3.8) is 0 Å². The molecule has 1 aliphatic heterocycles. The van der Waals surface area contributed by atoms with Gasteiger partial charge in [-0.1, -0.05) is 0 Å². The molecule has 2 fully saturated rings. The second-order valence-corrected chi connectivity index (χ2v) is 3.54. The second-order valence-electron chi connectivity index (χ2n) is 3.54. The van der Waals surface area contributed by atoms with Crippen molar-refractivity contribution in [2.45, 2.75) is 37.8 Å². The molecule has 2 amide bonds. The maximum atomic E-state index is 11.2. The highest BCUT2D eigenvalue weighted by Crippen LogP contribution is 2.28. The molecule has 1 heterocycles. The van der Waals surface area contributed by atoms with Gasteiger partial charge in [-0.3, -0.25) is 14.5 Å². The van der Waals surface area contributed by atoms with Gasteiger partial charge in [0.1, 0.15) is 0 Å². The Morgan fingerprint density at radius 2 is 1.67 bits per heavy atom. The van der Waals surface area contributed by atoms with Gasteiger partial charge in [-0.2, -0.15) is 0 Å². The van der Waals surface area contributed by atoms with Crippen LogP contribution in [0.25, 0.3) is 0 Å². The summed E-state index contributed by atoms with van der Waals surface area (Å²) in [6.45, 7) is 0. The van der Waals surface area contributed by atoms with Gasteiger partial charge in [-0.25, -0.2) is 0 Å². The first-order valence-corrected chi connectivity index (χ1v) is 4.29. The zero-order valence-corrected chi connectivity index (χ0v) is 6.82. The summed E-state index contributed by atoms with van der Waals surface area (Å²) in [5.74, 6) is -0.0335. The number of amides is 2. The predicted octanol–water partition coefficient (Wildman–Crippen LogP) is -0.375. The van der Waals surface area contributed by atoms with Crippen molar-refractivity contribution in [3.05, 3.63) is 0 Å². The van der Waals surface area contributed by atoms with E-state index in [1.54, 1.807) is 0 Å². The average Bonchev–Trinajstić information content (AvgIpc) is 2.26. The maximum Gasteiger partial charge on any atom is 0.229 e. The summed E-state index contributed by atoms with van der Waals surface area (Å²) in [4.78, 5) is 23.8. The van der Waals surface area contributed by atoms with Crippen molar-refractivity contribution in [1.29, 1.82) is 0 Å². The number of imide groups is 1. The van der Waals surface area contributed by atoms with Crippen LogP contribution in [0.3, 0.4) is 0 Å². The SMILES string of the molecule is NC1CC(N2C(=O)CCC2=O)C1. The fourth-order valence-corrected chi connectivity index (χ4v) is 1.84. The maximum absolute atomic E-state index is 11.2. The molecule has 2 N–H and O–H groups in total. The summed E-state index contributed by atoms with van der Waals surface area (Å²) in [7, 11) is 0. The number of carbonyl (C=O) groups is 2. The Bertz CT molecular complexity index is 217. The van der Waals surface area contributed by atoms with Crippen LogP contribution in [-0.4, -0.2) is 28.8 Å². The first-order valence-electron chi connectivity index (χ1n) is 4.29. The van der Waals surface area contributed by atoms with Gasteiger partial charge in [-0.15, -0.1) is 0 Å². The van der Waals surface area contributed by atoms with Crippen LogP contribution in [0, 0.1) is 0 Å². The molecule has 2 rings (SSSR count). The van der Waals surface area contributed by atoms with E-state index in [1.165, 1.54) is 4.90 Å². The van der Waals surface area contributed by atoms with Crippen LogP contribution in [0.4, 0.5) is 0 Å². The van der Waals surface area contributed by atoms with Gasteiger partial charge in [0.15, 0.2) is 0 Å². The van der Waals surface area contributed by atoms with Gasteiger partial charge in [-0.05, 0) is 12.8 Å². The van der Waals surface area contributed by atoms with Gasteiger partial charge >= 0.3 is 0 Å². The van der Waals surface area contributed by atoms with E-state index in [4.69, 9.17) is 5.73 Å². The Morgan fingerprint density at radius 3 is 2.08 bits per heavy atom. The quantitative estimate of drug-likeness (QED) is 0.543. The number of rotatable bonds is 1. The largest absolute Gasteiger partial charge is 0.328 e. The zero-order chi connectivity index (χ0) is 8.72. The van der Waals surface area contributed by atoms with Gasteiger partial charge in [0.25, 0.3) is 0 Å². The fourth-order valence-electron chi connectivity index (χ4n) is 1.84. The van der Waals surface area contributed by atoms with Crippen molar-refractivity contribution in [1.82, 2.24) is 4.90 Å². The van der Waals surface area contributed by atoms with E-state index in [2.05, 4.69) is 0 Å². The van der Waals surface area contributed by atoms with Gasteiger partial charge in [0.2, 0.25) is 11.8 Å². The monoisotopic (exact) mass is 168 g/mol. The molecule has 0 aromatic carbocycles. The van der Waals surface area contributed by atoms with Crippen molar-refractivity contribution in [3.8, 4) is 0 Å². The Kier molecular flexibility index (Phi) is 1.65. The normalized spacial score (nSPS) is 35.6. The molecule has 2 aliphatic rings. The van der Waals surface area contributed by atoms with Gasteiger partial charge < -0.3 is 5.73 Å². The summed E-state index contributed by atoms with van der Waals surface area (Å²) in [6, 6.07) is 0.304. The summed E-state index contributed by atoms with van der Waals surface area (Å²) >= 11 is 0. The molecular formula is C8H12N2O2. The molecule has 0 bridgehead atoms. The Morgan fingerprint density at radius 1 is 1.17 bits per heavy atom. The number of likely N-dealkylation sites (tertiary alicyclic amines) is 1. The molecular weight excluding hydrogens is 156 g/mol. The van der Waals surface area contributed by atoms with Crippen LogP contribution in [-0.2, 0) is 9.59 Å². The first-order chi connectivity index (χ1) is 5.68. The van der Waals surface area contributed by atoms with E-state index in [0.29, 0.717) is 12.8 Å². The Labute approximate surface area is 70.7 Å². The zero-order valence-electron chi connectivity index (χ0n) is 6.82. The number of nitrogens with zero attached hydrogens (tertiary/aromatic N) is 1. The molecule has 0 aromatic rings. The summed E-state index contributed by atoms with van der Waals surface area (Å²) in [5, 5.41) is 0.